The molecule has 0 aromatic heterocycles. The lowest BCUT2D eigenvalue weighted by Gasteiger charge is -2.19. The fourth-order valence-electron chi connectivity index (χ4n) is 2.41. The molecule has 2 aromatic carbocycles. The van der Waals surface area contributed by atoms with Crippen LogP contribution in [-0.4, -0.2) is 30.5 Å². The van der Waals surface area contributed by atoms with Crippen LogP contribution in [0.1, 0.15) is 12.5 Å². The third kappa shape index (κ3) is 2.67. The molecule has 2 rings (SSSR count). The van der Waals surface area contributed by atoms with E-state index in [-0.39, 0.29) is 12.2 Å². The zero-order chi connectivity index (χ0) is 15.6. The monoisotopic (exact) mass is 288 g/mol. The third-order valence-electron chi connectivity index (χ3n) is 3.57. The fourth-order valence-corrected chi connectivity index (χ4v) is 2.41. The molecule has 0 aliphatic carbocycles. The van der Waals surface area contributed by atoms with E-state index in [0.717, 1.165) is 10.8 Å². The first-order valence-electron chi connectivity index (χ1n) is 6.69. The fraction of sp³-hybridized carbons (Fsp3) is 0.294. The molecule has 0 bridgehead atoms. The maximum Gasteiger partial charge on any atom is 0.168 e. The number of methoxy groups -OCH3 is 2. The molecule has 112 valence electrons. The van der Waals surface area contributed by atoms with Crippen molar-refractivity contribution >= 4 is 10.8 Å². The number of aliphatic hydroxyl groups excluding tert-OH is 1. The quantitative estimate of drug-likeness (QED) is 0.830. The summed E-state index contributed by atoms with van der Waals surface area (Å²) in [6.45, 7) is 5.48. The topological polar surface area (TPSA) is 58.9 Å². The van der Waals surface area contributed by atoms with Crippen LogP contribution in [0.3, 0.4) is 0 Å². The molecule has 4 heteroatoms. The number of ether oxygens (including phenoxy) is 2. The molecule has 21 heavy (non-hydrogen) atoms. The summed E-state index contributed by atoms with van der Waals surface area (Å²) in [5, 5.41) is 22.1. The van der Waals surface area contributed by atoms with Gasteiger partial charge in [-0.25, -0.2) is 0 Å². The minimum Gasteiger partial charge on any atom is -0.504 e. The van der Waals surface area contributed by atoms with Crippen molar-refractivity contribution in [2.24, 2.45) is 0 Å². The molecule has 0 saturated heterocycles. The maximum absolute atomic E-state index is 10.5. The molecule has 0 heterocycles. The van der Waals surface area contributed by atoms with Gasteiger partial charge in [0.15, 0.2) is 11.5 Å². The van der Waals surface area contributed by atoms with Crippen LogP contribution < -0.4 is 9.47 Å². The molecular formula is C17H20O4. The SMILES string of the molecule is C=C(C)[C@H](O)Cc1c(O)c(OC)c2ccccc2c1OC. The zero-order valence-corrected chi connectivity index (χ0v) is 12.5. The molecule has 1 atom stereocenters. The van der Waals surface area contributed by atoms with Crippen molar-refractivity contribution in [2.75, 3.05) is 14.2 Å². The van der Waals surface area contributed by atoms with E-state index in [4.69, 9.17) is 9.47 Å². The second-order valence-electron chi connectivity index (χ2n) is 5.01. The Kier molecular flexibility index (Phi) is 4.38. The first kappa shape index (κ1) is 15.2. The van der Waals surface area contributed by atoms with Gasteiger partial charge in [0.25, 0.3) is 0 Å². The molecular weight excluding hydrogens is 268 g/mol. The van der Waals surface area contributed by atoms with Crippen LogP contribution in [0.4, 0.5) is 0 Å². The van der Waals surface area contributed by atoms with Gasteiger partial charge in [-0.3, -0.25) is 0 Å². The van der Waals surface area contributed by atoms with E-state index in [0.29, 0.717) is 22.6 Å². The van der Waals surface area contributed by atoms with Crippen molar-refractivity contribution in [1.82, 2.24) is 0 Å². The summed E-state index contributed by atoms with van der Waals surface area (Å²) >= 11 is 0. The summed E-state index contributed by atoms with van der Waals surface area (Å²) < 4.78 is 10.8. The molecule has 2 N–H and O–H groups in total. The van der Waals surface area contributed by atoms with Crippen LogP contribution in [0.15, 0.2) is 36.4 Å². The Hall–Kier alpha value is -2.20. The van der Waals surface area contributed by atoms with Crippen LogP contribution in [-0.2, 0) is 6.42 Å². The van der Waals surface area contributed by atoms with Crippen molar-refractivity contribution in [3.8, 4) is 17.2 Å². The number of phenols is 1. The number of aromatic hydroxyl groups is 1. The Morgan fingerprint density at radius 1 is 1.14 bits per heavy atom. The van der Waals surface area contributed by atoms with Crippen molar-refractivity contribution in [1.29, 1.82) is 0 Å². The molecule has 0 spiro atoms. The van der Waals surface area contributed by atoms with Gasteiger partial charge in [0.05, 0.1) is 20.3 Å². The second kappa shape index (κ2) is 6.06. The Morgan fingerprint density at radius 3 is 2.14 bits per heavy atom. The Balaban J connectivity index is 2.73. The van der Waals surface area contributed by atoms with Crippen molar-refractivity contribution in [3.63, 3.8) is 0 Å². The van der Waals surface area contributed by atoms with E-state index in [2.05, 4.69) is 6.58 Å². The van der Waals surface area contributed by atoms with Gasteiger partial charge in [0, 0.05) is 22.8 Å². The molecule has 4 nitrogen and oxygen atoms in total. The summed E-state index contributed by atoms with van der Waals surface area (Å²) in [5.74, 6) is 0.924. The minimum atomic E-state index is -0.754. The van der Waals surface area contributed by atoms with Crippen LogP contribution >= 0.6 is 0 Å². The van der Waals surface area contributed by atoms with Gasteiger partial charge in [-0.2, -0.15) is 0 Å². The number of fused-ring (bicyclic) bond motifs is 1. The van der Waals surface area contributed by atoms with E-state index in [9.17, 15) is 10.2 Å². The molecule has 0 aliphatic rings. The lowest BCUT2D eigenvalue weighted by Crippen LogP contribution is -2.12. The molecule has 0 unspecified atom stereocenters. The van der Waals surface area contributed by atoms with E-state index in [1.54, 1.807) is 14.0 Å². The van der Waals surface area contributed by atoms with E-state index < -0.39 is 6.10 Å². The highest BCUT2D eigenvalue weighted by Crippen LogP contribution is 2.45. The van der Waals surface area contributed by atoms with E-state index in [1.165, 1.54) is 7.11 Å². The molecule has 0 amide bonds. The lowest BCUT2D eigenvalue weighted by atomic mass is 9.96. The van der Waals surface area contributed by atoms with Crippen molar-refractivity contribution in [3.05, 3.63) is 42.0 Å². The third-order valence-corrected chi connectivity index (χ3v) is 3.57. The lowest BCUT2D eigenvalue weighted by molar-refractivity contribution is 0.208. The highest BCUT2D eigenvalue weighted by atomic mass is 16.5. The molecule has 0 aliphatic heterocycles. The highest BCUT2D eigenvalue weighted by molar-refractivity contribution is 5.97. The van der Waals surface area contributed by atoms with E-state index in [1.807, 2.05) is 24.3 Å². The van der Waals surface area contributed by atoms with Gasteiger partial charge in [-0.1, -0.05) is 36.4 Å². The predicted molar refractivity (Wildman–Crippen MR) is 83.2 cm³/mol. The first-order chi connectivity index (χ1) is 10.0. The van der Waals surface area contributed by atoms with Crippen molar-refractivity contribution in [2.45, 2.75) is 19.4 Å². The summed E-state index contributed by atoms with van der Waals surface area (Å²) in [4.78, 5) is 0. The number of benzene rings is 2. The van der Waals surface area contributed by atoms with E-state index >= 15 is 0 Å². The molecule has 0 saturated carbocycles. The maximum atomic E-state index is 10.5. The average Bonchev–Trinajstić information content (AvgIpc) is 2.48. The van der Waals surface area contributed by atoms with Gasteiger partial charge in [-0.05, 0) is 6.92 Å². The largest absolute Gasteiger partial charge is 0.504 e. The highest BCUT2D eigenvalue weighted by Gasteiger charge is 2.22. The summed E-state index contributed by atoms with van der Waals surface area (Å²) in [5.41, 5.74) is 1.15. The van der Waals surface area contributed by atoms with Crippen LogP contribution in [0.5, 0.6) is 17.2 Å². The average molecular weight is 288 g/mol. The standard InChI is InChI=1S/C17H20O4/c1-10(2)14(18)9-13-15(19)17(21-4)12-8-6-5-7-11(12)16(13)20-3/h5-8,14,18-19H,1,9H2,2-4H3/t14-/m1/s1. The number of hydrogen-bond donors (Lipinski definition) is 2. The van der Waals surface area contributed by atoms with Crippen LogP contribution in [0.25, 0.3) is 10.8 Å². The summed E-state index contributed by atoms with van der Waals surface area (Å²) in [6, 6.07) is 7.51. The Labute approximate surface area is 124 Å². The van der Waals surface area contributed by atoms with Crippen molar-refractivity contribution < 1.29 is 19.7 Å². The van der Waals surface area contributed by atoms with Gasteiger partial charge in [0.2, 0.25) is 0 Å². The Bertz CT molecular complexity index is 676. The van der Waals surface area contributed by atoms with Crippen LogP contribution in [0.2, 0.25) is 0 Å². The Morgan fingerprint density at radius 2 is 1.67 bits per heavy atom. The number of phenolic OH excluding ortho intramolecular Hbond substituents is 1. The molecule has 0 radical (unpaired) electrons. The second-order valence-corrected chi connectivity index (χ2v) is 5.01. The number of hydrogen-bond acceptors (Lipinski definition) is 4. The van der Waals surface area contributed by atoms with Crippen LogP contribution in [0, 0.1) is 0 Å². The summed E-state index contributed by atoms with van der Waals surface area (Å²) in [7, 11) is 3.05. The van der Waals surface area contributed by atoms with Gasteiger partial charge in [0.1, 0.15) is 5.75 Å². The smallest absolute Gasteiger partial charge is 0.168 e. The number of rotatable bonds is 5. The van der Waals surface area contributed by atoms with Gasteiger partial charge >= 0.3 is 0 Å². The van der Waals surface area contributed by atoms with Gasteiger partial charge < -0.3 is 19.7 Å². The zero-order valence-electron chi connectivity index (χ0n) is 12.5. The summed E-state index contributed by atoms with van der Waals surface area (Å²) in [6.07, 6.45) is -0.540. The first-order valence-corrected chi connectivity index (χ1v) is 6.69. The minimum absolute atomic E-state index is 0.00616. The molecule has 2 aromatic rings. The predicted octanol–water partition coefficient (Wildman–Crippen LogP) is 3.04. The van der Waals surface area contributed by atoms with Gasteiger partial charge in [-0.15, -0.1) is 0 Å². The normalized spacial score (nSPS) is 12.2. The molecule has 0 fully saturated rings. The number of aliphatic hydroxyl groups is 1.